The van der Waals surface area contributed by atoms with Gasteiger partial charge >= 0.3 is 11.9 Å². The Bertz CT molecular complexity index is 1170. The number of hydrogen-bond donors (Lipinski definition) is 2. The van der Waals surface area contributed by atoms with E-state index >= 15 is 0 Å². The molecule has 0 aliphatic carbocycles. The zero-order valence-corrected chi connectivity index (χ0v) is 15.0. The quantitative estimate of drug-likeness (QED) is 0.490. The van der Waals surface area contributed by atoms with Crippen LogP contribution >= 0.6 is 11.3 Å². The molecule has 2 aromatic carbocycles. The number of para-hydroxylation sites is 2. The van der Waals surface area contributed by atoms with Gasteiger partial charge in [0.15, 0.2) is 5.58 Å². The fourth-order valence-electron chi connectivity index (χ4n) is 2.73. The van der Waals surface area contributed by atoms with Crippen LogP contribution in [0.4, 0.5) is 5.69 Å². The minimum atomic E-state index is -1.18. The first-order chi connectivity index (χ1) is 13.6. The first kappa shape index (κ1) is 17.6. The Hall–Kier alpha value is -3.78. The molecular weight excluding hydrogens is 380 g/mol. The van der Waals surface area contributed by atoms with E-state index < -0.39 is 11.9 Å². The number of aromatic carboxylic acids is 1. The number of rotatable bonds is 5. The van der Waals surface area contributed by atoms with Gasteiger partial charge in [-0.1, -0.05) is 36.4 Å². The molecule has 0 bridgehead atoms. The Morgan fingerprint density at radius 2 is 1.86 bits per heavy atom. The van der Waals surface area contributed by atoms with Crippen molar-refractivity contribution in [3.63, 3.8) is 0 Å². The van der Waals surface area contributed by atoms with Gasteiger partial charge in [-0.15, -0.1) is 11.3 Å². The molecule has 0 atom stereocenters. The molecule has 138 valence electrons. The van der Waals surface area contributed by atoms with E-state index in [1.165, 1.54) is 11.3 Å². The van der Waals surface area contributed by atoms with E-state index in [4.69, 9.17) is 4.42 Å². The fraction of sp³-hybridized carbons (Fsp3) is 0. The van der Waals surface area contributed by atoms with Gasteiger partial charge in [-0.2, -0.15) is 0 Å². The van der Waals surface area contributed by atoms with Gasteiger partial charge in [0.2, 0.25) is 0 Å². The van der Waals surface area contributed by atoms with Crippen molar-refractivity contribution in [2.24, 2.45) is 0 Å². The Morgan fingerprint density at radius 1 is 1.11 bits per heavy atom. The summed E-state index contributed by atoms with van der Waals surface area (Å²) in [5, 5.41) is 13.8. The third-order valence-electron chi connectivity index (χ3n) is 4.05. The number of thiophene rings is 1. The number of carbonyl (C=O) groups excluding carboxylic acids is 2. The molecule has 7 nitrogen and oxygen atoms in total. The number of nitrogens with zero attached hydrogens (tertiary/aromatic N) is 1. The molecule has 0 radical (unpaired) electrons. The first-order valence-corrected chi connectivity index (χ1v) is 9.02. The molecule has 2 heterocycles. The topological polar surface area (TPSA) is 110 Å². The maximum atomic E-state index is 12.5. The molecule has 28 heavy (non-hydrogen) atoms. The number of carboxylic acids is 1. The van der Waals surface area contributed by atoms with Crippen LogP contribution in [0.2, 0.25) is 0 Å². The molecule has 0 spiro atoms. The Morgan fingerprint density at radius 3 is 2.54 bits per heavy atom. The van der Waals surface area contributed by atoms with Crippen LogP contribution < -0.4 is 5.32 Å². The summed E-state index contributed by atoms with van der Waals surface area (Å²) in [6.07, 6.45) is 0.711. The molecule has 4 aromatic rings. The summed E-state index contributed by atoms with van der Waals surface area (Å²) in [6, 6.07) is 13.5. The van der Waals surface area contributed by atoms with Gasteiger partial charge in [-0.05, 0) is 17.7 Å². The highest BCUT2D eigenvalue weighted by Gasteiger charge is 2.23. The molecule has 0 unspecified atom stereocenters. The highest BCUT2D eigenvalue weighted by Crippen LogP contribution is 2.36. The normalized spacial score (nSPS) is 10.7. The largest absolute Gasteiger partial charge is 0.478 e. The Balaban J connectivity index is 1.67. The molecular formula is C20H12N2O5S. The SMILES string of the molecule is O=Cc1ccc(-c2scc(NC(=O)c3nc4ccccc4o3)c2C(=O)O)cc1. The number of benzene rings is 2. The van der Waals surface area contributed by atoms with Crippen LogP contribution in [0.25, 0.3) is 21.5 Å². The van der Waals surface area contributed by atoms with Gasteiger partial charge in [0.05, 0.1) is 10.6 Å². The molecule has 4 rings (SSSR count). The summed E-state index contributed by atoms with van der Waals surface area (Å²) < 4.78 is 5.42. The number of amides is 1. The molecule has 0 saturated heterocycles. The number of anilines is 1. The number of aldehydes is 1. The van der Waals surface area contributed by atoms with E-state index in [1.807, 2.05) is 0 Å². The van der Waals surface area contributed by atoms with E-state index in [-0.39, 0.29) is 17.1 Å². The fourth-order valence-corrected chi connectivity index (χ4v) is 3.73. The number of carboxylic acid groups (broad SMARTS) is 1. The van der Waals surface area contributed by atoms with E-state index in [0.717, 1.165) is 0 Å². The molecule has 2 aromatic heterocycles. The van der Waals surface area contributed by atoms with Crippen molar-refractivity contribution in [1.29, 1.82) is 0 Å². The van der Waals surface area contributed by atoms with Gasteiger partial charge in [-0.3, -0.25) is 9.59 Å². The van der Waals surface area contributed by atoms with Gasteiger partial charge in [-0.25, -0.2) is 9.78 Å². The summed E-state index contributed by atoms with van der Waals surface area (Å²) in [5.41, 5.74) is 2.24. The third-order valence-corrected chi connectivity index (χ3v) is 5.08. The van der Waals surface area contributed by atoms with Gasteiger partial charge < -0.3 is 14.8 Å². The number of oxazole rings is 1. The van der Waals surface area contributed by atoms with Crippen molar-refractivity contribution in [2.75, 3.05) is 5.32 Å². The summed E-state index contributed by atoms with van der Waals surface area (Å²) in [4.78, 5) is 39.7. The number of carbonyl (C=O) groups is 3. The highest BCUT2D eigenvalue weighted by molar-refractivity contribution is 7.14. The lowest BCUT2D eigenvalue weighted by Crippen LogP contribution is -2.14. The highest BCUT2D eigenvalue weighted by atomic mass is 32.1. The molecule has 8 heteroatoms. The predicted molar refractivity (Wildman–Crippen MR) is 104 cm³/mol. The average Bonchev–Trinajstić information content (AvgIpc) is 3.32. The standard InChI is InChI=1S/C20H12N2O5S/c23-9-11-5-7-12(8-6-11)17-16(20(25)26)14(10-28-17)21-18(24)19-22-13-3-1-2-4-15(13)27-19/h1-10H,(H,21,24)(H,25,26). The second-order valence-electron chi connectivity index (χ2n) is 5.84. The zero-order valence-electron chi connectivity index (χ0n) is 14.2. The predicted octanol–water partition coefficient (Wildman–Crippen LogP) is 4.32. The first-order valence-electron chi connectivity index (χ1n) is 8.14. The monoisotopic (exact) mass is 392 g/mol. The van der Waals surface area contributed by atoms with Crippen LogP contribution in [0.1, 0.15) is 31.4 Å². The van der Waals surface area contributed by atoms with Crippen molar-refractivity contribution in [3.05, 3.63) is 70.9 Å². The summed E-state index contributed by atoms with van der Waals surface area (Å²) in [6.45, 7) is 0. The molecule has 0 aliphatic heterocycles. The Labute approximate surface area is 162 Å². The second-order valence-corrected chi connectivity index (χ2v) is 6.72. The van der Waals surface area contributed by atoms with Crippen molar-refractivity contribution >= 4 is 46.3 Å². The van der Waals surface area contributed by atoms with Crippen molar-refractivity contribution < 1.29 is 23.9 Å². The third kappa shape index (κ3) is 3.17. The van der Waals surface area contributed by atoms with Crippen LogP contribution in [-0.4, -0.2) is 28.3 Å². The lowest BCUT2D eigenvalue weighted by Gasteiger charge is -2.05. The van der Waals surface area contributed by atoms with E-state index in [2.05, 4.69) is 10.3 Å². The van der Waals surface area contributed by atoms with Crippen LogP contribution in [0.3, 0.4) is 0 Å². The van der Waals surface area contributed by atoms with E-state index in [0.29, 0.717) is 33.4 Å². The maximum Gasteiger partial charge on any atom is 0.339 e. The van der Waals surface area contributed by atoms with Crippen molar-refractivity contribution in [3.8, 4) is 10.4 Å². The molecule has 0 fully saturated rings. The smallest absolute Gasteiger partial charge is 0.339 e. The number of fused-ring (bicyclic) bond motifs is 1. The lowest BCUT2D eigenvalue weighted by molar-refractivity contribution is 0.0699. The minimum Gasteiger partial charge on any atom is -0.478 e. The number of nitrogens with one attached hydrogen (secondary N) is 1. The van der Waals surface area contributed by atoms with Crippen molar-refractivity contribution in [2.45, 2.75) is 0 Å². The lowest BCUT2D eigenvalue weighted by atomic mass is 10.1. The van der Waals surface area contributed by atoms with E-state index in [1.54, 1.807) is 53.9 Å². The maximum absolute atomic E-state index is 12.5. The average molecular weight is 392 g/mol. The van der Waals surface area contributed by atoms with Gasteiger partial charge in [0.25, 0.3) is 5.89 Å². The van der Waals surface area contributed by atoms with Crippen LogP contribution in [-0.2, 0) is 0 Å². The summed E-state index contributed by atoms with van der Waals surface area (Å²) in [7, 11) is 0. The zero-order chi connectivity index (χ0) is 19.7. The molecule has 0 aliphatic rings. The van der Waals surface area contributed by atoms with Gasteiger partial charge in [0.1, 0.15) is 17.4 Å². The van der Waals surface area contributed by atoms with Gasteiger partial charge in [0, 0.05) is 10.9 Å². The van der Waals surface area contributed by atoms with E-state index in [9.17, 15) is 19.5 Å². The summed E-state index contributed by atoms with van der Waals surface area (Å²) >= 11 is 1.18. The molecule has 2 N–H and O–H groups in total. The number of aromatic nitrogens is 1. The van der Waals surface area contributed by atoms with Crippen LogP contribution in [0.5, 0.6) is 0 Å². The van der Waals surface area contributed by atoms with Crippen LogP contribution in [0.15, 0.2) is 58.3 Å². The number of hydrogen-bond acceptors (Lipinski definition) is 6. The van der Waals surface area contributed by atoms with Crippen LogP contribution in [0, 0.1) is 0 Å². The molecule has 0 saturated carbocycles. The summed E-state index contributed by atoms with van der Waals surface area (Å²) in [5.74, 6) is -1.97. The molecule has 1 amide bonds. The minimum absolute atomic E-state index is 0.0340. The second kappa shape index (κ2) is 7.09. The Kier molecular flexibility index (Phi) is 4.46. The van der Waals surface area contributed by atoms with Crippen molar-refractivity contribution in [1.82, 2.24) is 4.98 Å².